The second kappa shape index (κ2) is 17.0. The largest absolute Gasteiger partial charge is 0.334 e. The van der Waals surface area contributed by atoms with E-state index in [1.54, 1.807) is 0 Å². The molecule has 2 atom stereocenters. The maximum atomic E-state index is 2.77. The fourth-order valence-corrected chi connectivity index (χ4v) is 13.9. The van der Waals surface area contributed by atoms with Crippen molar-refractivity contribution in [2.24, 2.45) is 0 Å². The summed E-state index contributed by atoms with van der Waals surface area (Å²) in [6.07, 6.45) is 4.64. The van der Waals surface area contributed by atoms with Crippen molar-refractivity contribution in [1.82, 2.24) is 0 Å². The maximum Gasteiger partial charge on any atom is 0.252 e. The zero-order valence-electron chi connectivity index (χ0n) is 44.4. The highest BCUT2D eigenvalue weighted by Gasteiger charge is 2.61. The van der Waals surface area contributed by atoms with Crippen molar-refractivity contribution in [3.63, 3.8) is 0 Å². The van der Waals surface area contributed by atoms with E-state index in [-0.39, 0.29) is 28.5 Å². The van der Waals surface area contributed by atoms with Gasteiger partial charge >= 0.3 is 0 Å². The van der Waals surface area contributed by atoms with Gasteiger partial charge in [0.15, 0.2) is 0 Å². The Kier molecular flexibility index (Phi) is 10.6. The predicted molar refractivity (Wildman–Crippen MR) is 316 cm³/mol. The number of para-hydroxylation sites is 1. The number of anilines is 8. The van der Waals surface area contributed by atoms with Crippen LogP contribution in [0, 0.1) is 6.92 Å². The smallest absolute Gasteiger partial charge is 0.252 e. The number of benzene rings is 9. The van der Waals surface area contributed by atoms with E-state index < -0.39 is 0 Å². The van der Waals surface area contributed by atoms with Crippen LogP contribution in [0.15, 0.2) is 206 Å². The number of nitrogens with zero attached hydrogens (tertiary/aromatic N) is 3. The molecule has 3 heterocycles. The van der Waals surface area contributed by atoms with Gasteiger partial charge in [-0.05, 0) is 159 Å². The lowest BCUT2D eigenvalue weighted by atomic mass is 9.33. The lowest BCUT2D eigenvalue weighted by Gasteiger charge is -2.52. The van der Waals surface area contributed by atoms with Gasteiger partial charge < -0.3 is 14.7 Å². The summed E-state index contributed by atoms with van der Waals surface area (Å²) in [5, 5.41) is 0. The fraction of sp³-hybridized carbons (Fsp3) is 0.229. The quantitative estimate of drug-likeness (QED) is 0.154. The molecule has 1 fully saturated rings. The van der Waals surface area contributed by atoms with Crippen LogP contribution in [0.2, 0.25) is 0 Å². The van der Waals surface area contributed by atoms with Crippen LogP contribution in [0.5, 0.6) is 0 Å². The van der Waals surface area contributed by atoms with E-state index in [9.17, 15) is 0 Å². The van der Waals surface area contributed by atoms with Gasteiger partial charge in [0.05, 0.1) is 11.2 Å². The van der Waals surface area contributed by atoms with Gasteiger partial charge in [0.2, 0.25) is 0 Å². The van der Waals surface area contributed by atoms with E-state index in [1.165, 1.54) is 125 Å². The van der Waals surface area contributed by atoms with Gasteiger partial charge in [-0.25, -0.2) is 0 Å². The maximum absolute atomic E-state index is 2.77. The summed E-state index contributed by atoms with van der Waals surface area (Å²) < 4.78 is 0. The Labute approximate surface area is 440 Å². The molecule has 9 aromatic carbocycles. The third-order valence-electron chi connectivity index (χ3n) is 17.5. The first-order valence-corrected chi connectivity index (χ1v) is 27.1. The molecular weight excluding hydrogens is 894 g/mol. The number of hydrogen-bond acceptors (Lipinski definition) is 3. The van der Waals surface area contributed by atoms with Gasteiger partial charge in [0.1, 0.15) is 0 Å². The van der Waals surface area contributed by atoms with E-state index in [0.29, 0.717) is 0 Å². The minimum Gasteiger partial charge on any atom is -0.334 e. The molecule has 13 rings (SSSR count). The zero-order valence-corrected chi connectivity index (χ0v) is 44.4. The molecule has 0 amide bonds. The van der Waals surface area contributed by atoms with Crippen LogP contribution in [0.25, 0.3) is 22.3 Å². The summed E-state index contributed by atoms with van der Waals surface area (Å²) in [6, 6.07) is 79.2. The third-order valence-corrected chi connectivity index (χ3v) is 17.5. The summed E-state index contributed by atoms with van der Waals surface area (Å²) in [5.74, 6) is 0. The van der Waals surface area contributed by atoms with Crippen LogP contribution in [0.1, 0.15) is 102 Å². The summed E-state index contributed by atoms with van der Waals surface area (Å²) in [4.78, 5) is 7.99. The number of aryl methyl sites for hydroxylation is 1. The van der Waals surface area contributed by atoms with Crippen molar-refractivity contribution in [2.75, 3.05) is 14.7 Å². The Hall–Kier alpha value is -7.56. The van der Waals surface area contributed by atoms with Crippen LogP contribution in [-0.4, -0.2) is 12.3 Å². The highest BCUT2D eigenvalue weighted by atomic mass is 15.3. The number of hydrogen-bond donors (Lipinski definition) is 0. The molecule has 0 spiro atoms. The van der Waals surface area contributed by atoms with Crippen LogP contribution in [0.3, 0.4) is 0 Å². The average molecular weight is 960 g/mol. The lowest BCUT2D eigenvalue weighted by Crippen LogP contribution is -2.61. The molecule has 0 aromatic heterocycles. The van der Waals surface area contributed by atoms with E-state index in [1.807, 2.05) is 0 Å². The first kappa shape index (κ1) is 46.2. The third kappa shape index (κ3) is 7.00. The minimum absolute atomic E-state index is 0.0165. The normalized spacial score (nSPS) is 18.6. The molecule has 2 unspecified atom stereocenters. The molecule has 0 radical (unpaired) electrons. The molecule has 3 nitrogen and oxygen atoms in total. The van der Waals surface area contributed by atoms with Gasteiger partial charge in [-0.3, -0.25) is 0 Å². The molecule has 0 N–H and O–H groups in total. The molecular formula is C70H66BN3. The van der Waals surface area contributed by atoms with Crippen molar-refractivity contribution >= 4 is 68.6 Å². The summed E-state index contributed by atoms with van der Waals surface area (Å²) in [7, 11) is 0. The Morgan fingerprint density at radius 3 is 1.73 bits per heavy atom. The topological polar surface area (TPSA) is 9.72 Å². The minimum atomic E-state index is -0.193. The lowest BCUT2D eigenvalue weighted by molar-refractivity contribution is 0.215. The Morgan fingerprint density at radius 2 is 1.03 bits per heavy atom. The molecule has 4 heteroatoms. The van der Waals surface area contributed by atoms with E-state index in [2.05, 4.69) is 276 Å². The average Bonchev–Trinajstić information content (AvgIpc) is 3.66. The van der Waals surface area contributed by atoms with Crippen molar-refractivity contribution in [1.29, 1.82) is 0 Å². The Balaban J connectivity index is 1.09. The van der Waals surface area contributed by atoms with Gasteiger partial charge in [0.25, 0.3) is 6.71 Å². The van der Waals surface area contributed by atoms with Crippen molar-refractivity contribution < 1.29 is 0 Å². The monoisotopic (exact) mass is 960 g/mol. The molecule has 3 aliphatic heterocycles. The van der Waals surface area contributed by atoms with Gasteiger partial charge in [0, 0.05) is 50.8 Å². The Bertz CT molecular complexity index is 3630. The van der Waals surface area contributed by atoms with Crippen LogP contribution in [0.4, 0.5) is 45.5 Å². The SMILES string of the molecule is Cc1cc2c3c(c1)N(c1ccc(C(C)(C)C)cc1-c1ccccc1)c1ccc(-c4ccccc4)cc1B3c1ccc(N3c4ccccc4C4(c5ccccc5)CCCCC34C)cc1N2c1ccc(C(C)(C)C)cc1. The first-order valence-electron chi connectivity index (χ1n) is 27.1. The molecule has 0 bridgehead atoms. The fourth-order valence-electron chi connectivity index (χ4n) is 13.9. The molecule has 4 aliphatic rings. The van der Waals surface area contributed by atoms with E-state index in [4.69, 9.17) is 0 Å². The molecule has 0 saturated heterocycles. The van der Waals surface area contributed by atoms with Crippen LogP contribution in [-0.2, 0) is 16.2 Å². The van der Waals surface area contributed by atoms with Crippen molar-refractivity contribution in [3.05, 3.63) is 234 Å². The van der Waals surface area contributed by atoms with Gasteiger partial charge in [-0.15, -0.1) is 0 Å². The van der Waals surface area contributed by atoms with E-state index >= 15 is 0 Å². The van der Waals surface area contributed by atoms with E-state index in [0.717, 1.165) is 12.8 Å². The van der Waals surface area contributed by atoms with Gasteiger partial charge in [-0.1, -0.05) is 200 Å². The first-order chi connectivity index (χ1) is 35.7. The summed E-state index contributed by atoms with van der Waals surface area (Å²) in [5.41, 5.74) is 25.1. The molecule has 364 valence electrons. The molecule has 1 saturated carbocycles. The number of fused-ring (bicyclic) bond motifs is 7. The zero-order chi connectivity index (χ0) is 50.7. The summed E-state index contributed by atoms with van der Waals surface area (Å²) >= 11 is 0. The van der Waals surface area contributed by atoms with Crippen molar-refractivity contribution in [2.45, 2.75) is 103 Å². The molecule has 9 aromatic rings. The van der Waals surface area contributed by atoms with Crippen molar-refractivity contribution in [3.8, 4) is 22.3 Å². The standard InChI is InChI=1S/C70H66BN3/c1-47-42-64-66-65(43-47)73(60-39-33-53(68(5,6)7)45-56(60)49-24-14-10-15-25-49)62-38-30-50(48-22-12-9-13-23-48)44-59(62)71(66)58-37-36-55(46-63(58)72(64)54-34-31-51(32-35-54)67(2,3)4)74-61-29-19-18-28-57(61)70(52-26-16-11-17-27-52)41-21-20-40-69(70,74)8/h9-19,22-39,42-46H,20-21,40-41H2,1-8H3. The Morgan fingerprint density at radius 1 is 0.432 bits per heavy atom. The van der Waals surface area contributed by atoms with Crippen LogP contribution >= 0.6 is 0 Å². The van der Waals surface area contributed by atoms with Crippen LogP contribution < -0.4 is 31.1 Å². The predicted octanol–water partition coefficient (Wildman–Crippen LogP) is 16.8. The molecule has 1 aliphatic carbocycles. The highest BCUT2D eigenvalue weighted by molar-refractivity contribution is 7.00. The second-order valence-electron chi connectivity index (χ2n) is 24.0. The molecule has 74 heavy (non-hydrogen) atoms. The summed E-state index contributed by atoms with van der Waals surface area (Å²) in [6.45, 7) is 18.7. The highest BCUT2D eigenvalue weighted by Crippen LogP contribution is 2.64. The second-order valence-corrected chi connectivity index (χ2v) is 24.0. The van der Waals surface area contributed by atoms with Gasteiger partial charge in [-0.2, -0.15) is 0 Å². The number of rotatable bonds is 6.